The molecule has 17 heavy (non-hydrogen) atoms. The molecule has 0 fully saturated rings. The van der Waals surface area contributed by atoms with Gasteiger partial charge in [-0.1, -0.05) is 35.9 Å². The number of anilines is 1. The molecular weight excluding hydrogens is 238 g/mol. The molecule has 2 aromatic carbocycles. The van der Waals surface area contributed by atoms with Crippen LogP contribution in [0.5, 0.6) is 0 Å². The second-order valence-corrected chi connectivity index (χ2v) is 3.77. The zero-order valence-corrected chi connectivity index (χ0v) is 9.63. The van der Waals surface area contributed by atoms with Crippen molar-refractivity contribution in [2.75, 3.05) is 5.43 Å². The molecule has 0 unspecified atom stereocenters. The standard InChI is InChI=1S/C12H10ClN3O/c13-10-5-4-6-11(9-10)14-15-16(17)12-7-2-1-3-8-12/h1-9,14H/b16-15-. The summed E-state index contributed by atoms with van der Waals surface area (Å²) < 4.78 is 0. The Labute approximate surface area is 104 Å². The fourth-order valence-corrected chi connectivity index (χ4v) is 1.46. The van der Waals surface area contributed by atoms with Gasteiger partial charge in [0.1, 0.15) is 5.69 Å². The zero-order chi connectivity index (χ0) is 12.1. The van der Waals surface area contributed by atoms with Crippen LogP contribution in [-0.2, 0) is 0 Å². The van der Waals surface area contributed by atoms with E-state index in [1.54, 1.807) is 48.5 Å². The molecule has 0 saturated carbocycles. The quantitative estimate of drug-likeness (QED) is 0.507. The Balaban J connectivity index is 2.11. The van der Waals surface area contributed by atoms with Crippen LogP contribution in [0.3, 0.4) is 0 Å². The van der Waals surface area contributed by atoms with Gasteiger partial charge >= 0.3 is 0 Å². The molecule has 0 amide bonds. The second kappa shape index (κ2) is 5.32. The van der Waals surface area contributed by atoms with Crippen molar-refractivity contribution in [2.45, 2.75) is 0 Å². The first kappa shape index (κ1) is 11.4. The molecule has 0 heterocycles. The lowest BCUT2D eigenvalue weighted by Gasteiger charge is -2.04. The predicted molar refractivity (Wildman–Crippen MR) is 67.2 cm³/mol. The van der Waals surface area contributed by atoms with Crippen molar-refractivity contribution in [3.8, 4) is 0 Å². The second-order valence-electron chi connectivity index (χ2n) is 3.33. The van der Waals surface area contributed by atoms with Crippen LogP contribution >= 0.6 is 11.6 Å². The molecule has 0 aromatic heterocycles. The Morgan fingerprint density at radius 3 is 2.53 bits per heavy atom. The van der Waals surface area contributed by atoms with Crippen molar-refractivity contribution in [3.63, 3.8) is 0 Å². The van der Waals surface area contributed by atoms with Gasteiger partial charge in [0, 0.05) is 11.1 Å². The molecule has 0 radical (unpaired) electrons. The van der Waals surface area contributed by atoms with Gasteiger partial charge in [-0.15, -0.1) is 10.3 Å². The van der Waals surface area contributed by atoms with Crippen LogP contribution in [0, 0.1) is 5.21 Å². The maximum Gasteiger partial charge on any atom is 0.154 e. The average Bonchev–Trinajstić information content (AvgIpc) is 2.37. The highest BCUT2D eigenvalue weighted by Gasteiger charge is 1.98. The number of hydrogen-bond donors (Lipinski definition) is 1. The van der Waals surface area contributed by atoms with Gasteiger partial charge < -0.3 is 5.21 Å². The molecule has 0 spiro atoms. The average molecular weight is 248 g/mol. The number of nitrogens with one attached hydrogen (secondary N) is 1. The van der Waals surface area contributed by atoms with Crippen molar-refractivity contribution < 1.29 is 4.86 Å². The van der Waals surface area contributed by atoms with Crippen LogP contribution in [0.4, 0.5) is 11.4 Å². The lowest BCUT2D eigenvalue weighted by Crippen LogP contribution is -1.97. The molecule has 4 nitrogen and oxygen atoms in total. The normalized spacial score (nSPS) is 11.2. The molecule has 0 saturated heterocycles. The molecule has 2 rings (SSSR count). The van der Waals surface area contributed by atoms with Crippen LogP contribution in [0.2, 0.25) is 5.02 Å². The Morgan fingerprint density at radius 2 is 1.82 bits per heavy atom. The lowest BCUT2D eigenvalue weighted by atomic mass is 10.3. The Morgan fingerprint density at radius 1 is 1.06 bits per heavy atom. The van der Waals surface area contributed by atoms with Crippen LogP contribution in [0.15, 0.2) is 59.8 Å². The van der Waals surface area contributed by atoms with E-state index in [0.717, 1.165) is 0 Å². The van der Waals surface area contributed by atoms with E-state index in [1.807, 2.05) is 6.07 Å². The molecule has 86 valence electrons. The van der Waals surface area contributed by atoms with Crippen LogP contribution in [0.25, 0.3) is 0 Å². The Bertz CT molecular complexity index is 528. The van der Waals surface area contributed by atoms with Gasteiger partial charge in [-0.25, -0.2) is 0 Å². The van der Waals surface area contributed by atoms with E-state index in [2.05, 4.69) is 10.6 Å². The van der Waals surface area contributed by atoms with E-state index in [0.29, 0.717) is 21.3 Å². The van der Waals surface area contributed by atoms with Gasteiger partial charge in [0.05, 0.1) is 5.22 Å². The van der Waals surface area contributed by atoms with Gasteiger partial charge in [-0.05, 0) is 24.3 Å². The summed E-state index contributed by atoms with van der Waals surface area (Å²) in [6, 6.07) is 15.7. The molecular formula is C12H10ClN3O. The molecule has 0 aliphatic carbocycles. The number of halogens is 1. The van der Waals surface area contributed by atoms with Gasteiger partial charge in [-0.2, -0.15) is 0 Å². The largest absolute Gasteiger partial charge is 0.691 e. The minimum absolute atomic E-state index is 0.460. The minimum Gasteiger partial charge on any atom is -0.691 e. The van der Waals surface area contributed by atoms with Gasteiger partial charge in [-0.3, -0.25) is 0 Å². The van der Waals surface area contributed by atoms with Gasteiger partial charge in [0.25, 0.3) is 0 Å². The van der Waals surface area contributed by atoms with E-state index in [9.17, 15) is 5.21 Å². The Kier molecular flexibility index (Phi) is 3.57. The van der Waals surface area contributed by atoms with Crippen molar-refractivity contribution in [3.05, 3.63) is 64.8 Å². The first-order chi connectivity index (χ1) is 8.25. The molecule has 0 aliphatic rings. The fourth-order valence-electron chi connectivity index (χ4n) is 1.27. The molecule has 2 aromatic rings. The smallest absolute Gasteiger partial charge is 0.154 e. The fraction of sp³-hybridized carbons (Fsp3) is 0. The molecule has 0 atom stereocenters. The van der Waals surface area contributed by atoms with E-state index < -0.39 is 0 Å². The third-order valence-corrected chi connectivity index (χ3v) is 2.31. The highest BCUT2D eigenvalue weighted by Crippen LogP contribution is 2.15. The summed E-state index contributed by atoms with van der Waals surface area (Å²) in [5, 5.41) is 15.8. The van der Waals surface area contributed by atoms with E-state index in [1.165, 1.54) is 0 Å². The number of benzene rings is 2. The highest BCUT2D eigenvalue weighted by molar-refractivity contribution is 6.30. The van der Waals surface area contributed by atoms with E-state index in [-0.39, 0.29) is 0 Å². The summed E-state index contributed by atoms with van der Waals surface area (Å²) in [4.78, 5) is 0.515. The van der Waals surface area contributed by atoms with Gasteiger partial charge in [0.2, 0.25) is 0 Å². The highest BCUT2D eigenvalue weighted by atomic mass is 35.5. The number of para-hydroxylation sites is 1. The van der Waals surface area contributed by atoms with Crippen molar-refractivity contribution >= 4 is 23.0 Å². The first-order valence-electron chi connectivity index (χ1n) is 5.00. The lowest BCUT2D eigenvalue weighted by molar-refractivity contribution is -0.439. The maximum absolute atomic E-state index is 11.6. The molecule has 1 N–H and O–H groups in total. The topological polar surface area (TPSA) is 50.5 Å². The predicted octanol–water partition coefficient (Wildman–Crippen LogP) is 3.96. The third kappa shape index (κ3) is 3.19. The SMILES string of the molecule is [O-]/[N+](=N\Nc1cccc(Cl)c1)c1ccccc1. The molecule has 5 heteroatoms. The third-order valence-electron chi connectivity index (χ3n) is 2.07. The summed E-state index contributed by atoms with van der Waals surface area (Å²) >= 11 is 5.80. The van der Waals surface area contributed by atoms with E-state index >= 15 is 0 Å². The zero-order valence-electron chi connectivity index (χ0n) is 8.88. The van der Waals surface area contributed by atoms with Gasteiger partial charge in [0.15, 0.2) is 5.69 Å². The summed E-state index contributed by atoms with van der Waals surface area (Å²) in [6.07, 6.45) is 0. The molecule has 0 aliphatic heterocycles. The molecule has 0 bridgehead atoms. The number of nitrogens with zero attached hydrogens (tertiary/aromatic N) is 2. The van der Waals surface area contributed by atoms with Crippen LogP contribution in [-0.4, -0.2) is 4.86 Å². The number of hydrogen-bond acceptors (Lipinski definition) is 2. The Hall–Kier alpha value is -2.07. The summed E-state index contributed by atoms with van der Waals surface area (Å²) in [6.45, 7) is 0. The monoisotopic (exact) mass is 247 g/mol. The minimum atomic E-state index is 0.460. The summed E-state index contributed by atoms with van der Waals surface area (Å²) in [5.74, 6) is 0. The number of rotatable bonds is 3. The van der Waals surface area contributed by atoms with Crippen LogP contribution < -0.4 is 5.43 Å². The first-order valence-corrected chi connectivity index (χ1v) is 5.38. The maximum atomic E-state index is 11.6. The summed E-state index contributed by atoms with van der Waals surface area (Å²) in [5.41, 5.74) is 3.76. The van der Waals surface area contributed by atoms with Crippen molar-refractivity contribution in [1.29, 1.82) is 0 Å². The van der Waals surface area contributed by atoms with Crippen molar-refractivity contribution in [2.24, 2.45) is 5.22 Å². The van der Waals surface area contributed by atoms with E-state index in [4.69, 9.17) is 11.6 Å². The van der Waals surface area contributed by atoms with Crippen molar-refractivity contribution in [1.82, 2.24) is 0 Å². The summed E-state index contributed by atoms with van der Waals surface area (Å²) in [7, 11) is 0. The van der Waals surface area contributed by atoms with Crippen LogP contribution in [0.1, 0.15) is 0 Å².